The van der Waals surface area contributed by atoms with Gasteiger partial charge in [0, 0.05) is 25.7 Å². The molecule has 1 aliphatic rings. The minimum atomic E-state index is -4.87. The van der Waals surface area contributed by atoms with Crippen LogP contribution in [0.15, 0.2) is 29.2 Å². The Hall–Kier alpha value is -1.03. The van der Waals surface area contributed by atoms with E-state index < -0.39 is 22.1 Å². The molecule has 0 aromatic heterocycles. The van der Waals surface area contributed by atoms with E-state index in [2.05, 4.69) is 4.74 Å². The van der Waals surface area contributed by atoms with E-state index in [1.807, 2.05) is 0 Å². The summed E-state index contributed by atoms with van der Waals surface area (Å²) in [6.45, 7) is 0.166. The normalized spacial score (nSPS) is 16.8. The number of hydrogen-bond donors (Lipinski definition) is 1. The smallest absolute Gasteiger partial charge is 0.406 e. The number of likely N-dealkylation sites (N-methyl/N-ethyl adjacent to an activating group) is 1. The number of sulfonamides is 1. The summed E-state index contributed by atoms with van der Waals surface area (Å²) in [6.07, 6.45) is -3.07. The fourth-order valence-electron chi connectivity index (χ4n) is 2.30. The van der Waals surface area contributed by atoms with Gasteiger partial charge in [-0.05, 0) is 30.9 Å². The van der Waals surface area contributed by atoms with E-state index >= 15 is 0 Å². The third-order valence-electron chi connectivity index (χ3n) is 3.59. The number of rotatable bonds is 6. The van der Waals surface area contributed by atoms with E-state index in [4.69, 9.17) is 5.73 Å². The highest BCUT2D eigenvalue weighted by molar-refractivity contribution is 7.89. The molecule has 0 bridgehead atoms. The molecule has 1 fully saturated rings. The van der Waals surface area contributed by atoms with Gasteiger partial charge in [0.25, 0.3) is 0 Å². The molecular weight excluding hydrogens is 357 g/mol. The minimum absolute atomic E-state index is 0. The Balaban J connectivity index is 0.00000264. The van der Waals surface area contributed by atoms with Gasteiger partial charge in [0.2, 0.25) is 10.0 Å². The van der Waals surface area contributed by atoms with E-state index in [1.54, 1.807) is 0 Å². The molecule has 0 aliphatic heterocycles. The van der Waals surface area contributed by atoms with Crippen molar-refractivity contribution in [2.75, 3.05) is 13.6 Å². The van der Waals surface area contributed by atoms with Crippen molar-refractivity contribution in [2.24, 2.45) is 11.7 Å². The van der Waals surface area contributed by atoms with E-state index in [9.17, 15) is 21.6 Å². The Labute approximate surface area is 139 Å². The first-order chi connectivity index (χ1) is 10.1. The van der Waals surface area contributed by atoms with Crippen molar-refractivity contribution in [3.8, 4) is 5.75 Å². The van der Waals surface area contributed by atoms with Gasteiger partial charge in [0.15, 0.2) is 0 Å². The van der Waals surface area contributed by atoms with E-state index in [1.165, 1.54) is 19.2 Å². The molecule has 2 rings (SSSR count). The Morgan fingerprint density at radius 1 is 1.39 bits per heavy atom. The molecule has 1 unspecified atom stereocenters. The molecule has 0 radical (unpaired) electrons. The lowest BCUT2D eigenvalue weighted by Gasteiger charge is -2.26. The molecule has 2 N–H and O–H groups in total. The Morgan fingerprint density at radius 2 is 2.00 bits per heavy atom. The number of ether oxygens (including phenoxy) is 1. The summed E-state index contributed by atoms with van der Waals surface area (Å²) in [4.78, 5) is -0.254. The van der Waals surface area contributed by atoms with Crippen LogP contribution in [0.4, 0.5) is 13.2 Å². The van der Waals surface area contributed by atoms with E-state index in [0.29, 0.717) is 0 Å². The third kappa shape index (κ3) is 4.97. The van der Waals surface area contributed by atoms with Crippen molar-refractivity contribution in [3.63, 3.8) is 0 Å². The maximum Gasteiger partial charge on any atom is 0.573 e. The van der Waals surface area contributed by atoms with Crippen molar-refractivity contribution in [2.45, 2.75) is 30.1 Å². The summed E-state index contributed by atoms with van der Waals surface area (Å²) in [5.74, 6) is -0.364. The molecule has 0 saturated heterocycles. The number of nitrogens with two attached hydrogens (primary N) is 1. The highest BCUT2D eigenvalue weighted by Crippen LogP contribution is 2.36. The van der Waals surface area contributed by atoms with Gasteiger partial charge in [0.1, 0.15) is 5.75 Å². The zero-order chi connectivity index (χ0) is 16.5. The summed E-state index contributed by atoms with van der Waals surface area (Å²) < 4.78 is 66.6. The van der Waals surface area contributed by atoms with Crippen LogP contribution in [0.5, 0.6) is 5.75 Å². The number of alkyl halides is 3. The largest absolute Gasteiger partial charge is 0.573 e. The second-order valence-corrected chi connectivity index (χ2v) is 7.18. The zero-order valence-electron chi connectivity index (χ0n) is 12.3. The van der Waals surface area contributed by atoms with Crippen LogP contribution in [-0.2, 0) is 10.0 Å². The minimum Gasteiger partial charge on any atom is -0.406 e. The molecule has 5 nitrogen and oxygen atoms in total. The lowest BCUT2D eigenvalue weighted by molar-refractivity contribution is -0.274. The molecule has 0 spiro atoms. The van der Waals surface area contributed by atoms with Crippen molar-refractivity contribution in [1.82, 2.24) is 4.31 Å². The molecule has 1 aromatic rings. The fraction of sp³-hybridized carbons (Fsp3) is 0.538. The van der Waals surface area contributed by atoms with Gasteiger partial charge in [-0.3, -0.25) is 0 Å². The second-order valence-electron chi connectivity index (χ2n) is 5.18. The summed E-state index contributed by atoms with van der Waals surface area (Å²) >= 11 is 0. The summed E-state index contributed by atoms with van der Waals surface area (Å²) in [6, 6.07) is 4.00. The molecular formula is C13H18ClF3N2O3S. The van der Waals surface area contributed by atoms with Crippen LogP contribution < -0.4 is 10.5 Å². The van der Waals surface area contributed by atoms with Gasteiger partial charge >= 0.3 is 6.36 Å². The third-order valence-corrected chi connectivity index (χ3v) is 5.47. The quantitative estimate of drug-likeness (QED) is 0.829. The SMILES string of the molecule is CN(C(CN)C1CC1)S(=O)(=O)c1cccc(OC(F)(F)F)c1.Cl. The molecule has 0 heterocycles. The summed E-state index contributed by atoms with van der Waals surface area (Å²) in [5.41, 5.74) is 5.62. The molecule has 1 saturated carbocycles. The number of nitrogens with zero attached hydrogens (tertiary/aromatic N) is 1. The Bertz CT molecular complexity index is 636. The Kier molecular flexibility index (Phi) is 6.31. The van der Waals surface area contributed by atoms with Gasteiger partial charge < -0.3 is 10.5 Å². The standard InChI is InChI=1S/C13H17F3N2O3S.ClH/c1-18(12(8-17)9-5-6-9)22(19,20)11-4-2-3-10(7-11)21-13(14,15)16;/h2-4,7,9,12H,5-6,8,17H2,1H3;1H. The molecule has 1 aromatic carbocycles. The van der Waals surface area contributed by atoms with Crippen LogP contribution in [0.2, 0.25) is 0 Å². The second kappa shape index (κ2) is 7.25. The highest BCUT2D eigenvalue weighted by atomic mass is 35.5. The number of benzene rings is 1. The average molecular weight is 375 g/mol. The topological polar surface area (TPSA) is 72.6 Å². The molecule has 1 atom stereocenters. The van der Waals surface area contributed by atoms with E-state index in [-0.39, 0.29) is 35.8 Å². The van der Waals surface area contributed by atoms with Crippen molar-refractivity contribution < 1.29 is 26.3 Å². The molecule has 1 aliphatic carbocycles. The van der Waals surface area contributed by atoms with Crippen LogP contribution in [0.25, 0.3) is 0 Å². The van der Waals surface area contributed by atoms with Crippen molar-refractivity contribution in [1.29, 1.82) is 0 Å². The zero-order valence-corrected chi connectivity index (χ0v) is 13.9. The average Bonchev–Trinajstić information content (AvgIpc) is 3.22. The first-order valence-electron chi connectivity index (χ1n) is 6.69. The molecule has 132 valence electrons. The monoisotopic (exact) mass is 374 g/mol. The summed E-state index contributed by atoms with van der Waals surface area (Å²) in [5, 5.41) is 0. The van der Waals surface area contributed by atoms with Crippen LogP contribution in [-0.4, -0.2) is 38.7 Å². The van der Waals surface area contributed by atoms with Gasteiger partial charge in [-0.15, -0.1) is 25.6 Å². The van der Waals surface area contributed by atoms with Crippen molar-refractivity contribution >= 4 is 22.4 Å². The lowest BCUT2D eigenvalue weighted by atomic mass is 10.2. The van der Waals surface area contributed by atoms with Crippen LogP contribution >= 0.6 is 12.4 Å². The summed E-state index contributed by atoms with van der Waals surface area (Å²) in [7, 11) is -2.54. The van der Waals surface area contributed by atoms with Gasteiger partial charge in [0.05, 0.1) is 4.90 Å². The highest BCUT2D eigenvalue weighted by Gasteiger charge is 2.38. The Morgan fingerprint density at radius 3 is 2.48 bits per heavy atom. The molecule has 0 amide bonds. The first kappa shape index (κ1) is 20.0. The van der Waals surface area contributed by atoms with Gasteiger partial charge in [-0.25, -0.2) is 8.42 Å². The molecule has 23 heavy (non-hydrogen) atoms. The van der Waals surface area contributed by atoms with Gasteiger partial charge in [-0.2, -0.15) is 4.31 Å². The van der Waals surface area contributed by atoms with Crippen molar-refractivity contribution in [3.05, 3.63) is 24.3 Å². The number of hydrogen-bond acceptors (Lipinski definition) is 4. The number of halogens is 4. The fourth-order valence-corrected chi connectivity index (χ4v) is 3.76. The predicted molar refractivity (Wildman–Crippen MR) is 80.9 cm³/mol. The van der Waals surface area contributed by atoms with Crippen LogP contribution in [0, 0.1) is 5.92 Å². The maximum atomic E-state index is 12.5. The van der Waals surface area contributed by atoms with Gasteiger partial charge in [-0.1, -0.05) is 6.07 Å². The predicted octanol–water partition coefficient (Wildman–Crippen LogP) is 2.36. The van der Waals surface area contributed by atoms with E-state index in [0.717, 1.165) is 29.3 Å². The maximum absolute atomic E-state index is 12.5. The molecule has 10 heteroatoms. The lowest BCUT2D eigenvalue weighted by Crippen LogP contribution is -2.43. The van der Waals surface area contributed by atoms with Crippen LogP contribution in [0.1, 0.15) is 12.8 Å². The van der Waals surface area contributed by atoms with Crippen LogP contribution in [0.3, 0.4) is 0 Å². The first-order valence-corrected chi connectivity index (χ1v) is 8.13.